The molecule has 3 nitrogen and oxygen atoms in total. The lowest BCUT2D eigenvalue weighted by Gasteiger charge is -2.44. The van der Waals surface area contributed by atoms with E-state index in [2.05, 4.69) is 23.2 Å². The molecule has 1 spiro atoms. The predicted molar refractivity (Wildman–Crippen MR) is 88.1 cm³/mol. The Labute approximate surface area is 131 Å². The normalized spacial score (nSPS) is 25.4. The number of likely N-dealkylation sites (tertiary alicyclic amines) is 1. The lowest BCUT2D eigenvalue weighted by Crippen LogP contribution is -2.43. The highest BCUT2D eigenvalue weighted by Crippen LogP contribution is 2.44. The van der Waals surface area contributed by atoms with Crippen LogP contribution in [0.25, 0.3) is 0 Å². The van der Waals surface area contributed by atoms with Crippen LogP contribution in [0, 0.1) is 16.7 Å². The Hall–Kier alpha value is -0.590. The van der Waals surface area contributed by atoms with Crippen LogP contribution in [0.5, 0.6) is 0 Å². The zero-order valence-electron chi connectivity index (χ0n) is 14.1. The topological polar surface area (TPSA) is 39.1 Å². The fraction of sp³-hybridized carbons (Fsp3) is 0.944. The molecule has 0 aromatic heterocycles. The summed E-state index contributed by atoms with van der Waals surface area (Å²) in [6, 6.07) is 2.47. The van der Waals surface area contributed by atoms with Crippen LogP contribution in [0.1, 0.15) is 71.1 Å². The summed E-state index contributed by atoms with van der Waals surface area (Å²) in [5.74, 6) is 0. The van der Waals surface area contributed by atoms with Crippen molar-refractivity contribution < 1.29 is 0 Å². The van der Waals surface area contributed by atoms with Crippen molar-refractivity contribution in [1.82, 2.24) is 10.2 Å². The first-order valence-electron chi connectivity index (χ1n) is 9.00. The van der Waals surface area contributed by atoms with Crippen molar-refractivity contribution >= 4 is 0 Å². The number of nitriles is 1. The molecule has 120 valence electrons. The zero-order valence-corrected chi connectivity index (χ0v) is 14.1. The first kappa shape index (κ1) is 16.8. The van der Waals surface area contributed by atoms with Gasteiger partial charge in [-0.25, -0.2) is 0 Å². The van der Waals surface area contributed by atoms with Crippen LogP contribution >= 0.6 is 0 Å². The summed E-state index contributed by atoms with van der Waals surface area (Å²) in [6.45, 7) is 5.84. The number of hydrogen-bond acceptors (Lipinski definition) is 3. The molecule has 1 aliphatic carbocycles. The largest absolute Gasteiger partial charge is 0.303 e. The van der Waals surface area contributed by atoms with E-state index in [1.54, 1.807) is 0 Å². The van der Waals surface area contributed by atoms with Crippen molar-refractivity contribution in [2.45, 2.75) is 76.7 Å². The summed E-state index contributed by atoms with van der Waals surface area (Å²) < 4.78 is 0. The lowest BCUT2D eigenvalue weighted by atomic mass is 9.68. The van der Waals surface area contributed by atoms with Gasteiger partial charge in [0.05, 0.1) is 6.07 Å². The van der Waals surface area contributed by atoms with E-state index in [-0.39, 0.29) is 5.54 Å². The molecule has 3 heteroatoms. The standard InChI is InChI=1S/C18H33N3/c1-3-18(16-19,20-2)10-7-13-21-14-11-17(12-15-21)8-5-4-6-9-17/h20H,3-15H2,1-2H3. The molecular weight excluding hydrogens is 258 g/mol. The van der Waals surface area contributed by atoms with Crippen molar-refractivity contribution in [2.24, 2.45) is 5.41 Å². The minimum atomic E-state index is -0.305. The second-order valence-electron chi connectivity index (χ2n) is 7.30. The molecule has 0 radical (unpaired) electrons. The maximum Gasteiger partial charge on any atom is 0.106 e. The fourth-order valence-electron chi connectivity index (χ4n) is 4.33. The van der Waals surface area contributed by atoms with Crippen molar-refractivity contribution in [3.63, 3.8) is 0 Å². The molecule has 1 atom stereocenters. The summed E-state index contributed by atoms with van der Waals surface area (Å²) in [4.78, 5) is 2.63. The van der Waals surface area contributed by atoms with Crippen molar-refractivity contribution in [1.29, 1.82) is 5.26 Å². The van der Waals surface area contributed by atoms with E-state index in [0.29, 0.717) is 5.41 Å². The number of rotatable bonds is 6. The Morgan fingerprint density at radius 2 is 1.81 bits per heavy atom. The van der Waals surface area contributed by atoms with E-state index in [9.17, 15) is 5.26 Å². The summed E-state index contributed by atoms with van der Waals surface area (Å²) >= 11 is 0. The van der Waals surface area contributed by atoms with Gasteiger partial charge in [0.25, 0.3) is 0 Å². The second kappa shape index (κ2) is 7.61. The molecular formula is C18H33N3. The average molecular weight is 291 g/mol. The molecule has 2 aliphatic rings. The summed E-state index contributed by atoms with van der Waals surface area (Å²) in [7, 11) is 1.92. The number of nitrogens with one attached hydrogen (secondary N) is 1. The quantitative estimate of drug-likeness (QED) is 0.811. The van der Waals surface area contributed by atoms with Gasteiger partial charge in [0.1, 0.15) is 5.54 Å². The van der Waals surface area contributed by atoms with E-state index < -0.39 is 0 Å². The Morgan fingerprint density at radius 3 is 2.33 bits per heavy atom. The highest BCUT2D eigenvalue weighted by molar-refractivity contribution is 5.05. The van der Waals surface area contributed by atoms with Crippen LogP contribution in [-0.2, 0) is 0 Å². The Kier molecular flexibility index (Phi) is 6.08. The number of hydrogen-bond donors (Lipinski definition) is 1. The molecule has 0 amide bonds. The second-order valence-corrected chi connectivity index (χ2v) is 7.30. The van der Waals surface area contributed by atoms with Gasteiger partial charge in [0, 0.05) is 0 Å². The Morgan fingerprint density at radius 1 is 1.14 bits per heavy atom. The van der Waals surface area contributed by atoms with Crippen LogP contribution in [0.2, 0.25) is 0 Å². The first-order valence-corrected chi connectivity index (χ1v) is 9.00. The number of piperidine rings is 1. The van der Waals surface area contributed by atoms with E-state index in [4.69, 9.17) is 0 Å². The SMILES string of the molecule is CCC(C#N)(CCCN1CCC2(CCCCC2)CC1)NC. The molecule has 1 aliphatic heterocycles. The molecule has 21 heavy (non-hydrogen) atoms. The molecule has 0 bridgehead atoms. The van der Waals surface area contributed by atoms with Crippen LogP contribution in [0.3, 0.4) is 0 Å². The highest BCUT2D eigenvalue weighted by atomic mass is 15.1. The Balaban J connectivity index is 1.70. The van der Waals surface area contributed by atoms with Crippen LogP contribution in [0.15, 0.2) is 0 Å². The third-order valence-electron chi connectivity index (χ3n) is 6.20. The molecule has 1 heterocycles. The van der Waals surface area contributed by atoms with Crippen molar-refractivity contribution in [3.8, 4) is 6.07 Å². The monoisotopic (exact) mass is 291 g/mol. The molecule has 1 saturated carbocycles. The molecule has 1 N–H and O–H groups in total. The van der Waals surface area contributed by atoms with Crippen LogP contribution in [-0.4, -0.2) is 37.1 Å². The summed E-state index contributed by atoms with van der Waals surface area (Å²) in [5, 5.41) is 12.6. The van der Waals surface area contributed by atoms with Gasteiger partial charge < -0.3 is 10.2 Å². The molecule has 1 saturated heterocycles. The molecule has 0 aromatic carbocycles. The van der Waals surface area contributed by atoms with Gasteiger partial charge in [-0.05, 0) is 77.0 Å². The summed E-state index contributed by atoms with van der Waals surface area (Å²) in [6.07, 6.45) is 13.2. The fourth-order valence-corrected chi connectivity index (χ4v) is 4.33. The molecule has 2 fully saturated rings. The van der Waals surface area contributed by atoms with Crippen LogP contribution < -0.4 is 5.32 Å². The van der Waals surface area contributed by atoms with Gasteiger partial charge in [0.15, 0.2) is 0 Å². The summed E-state index contributed by atoms with van der Waals surface area (Å²) in [5.41, 5.74) is 0.403. The van der Waals surface area contributed by atoms with Crippen molar-refractivity contribution in [3.05, 3.63) is 0 Å². The van der Waals surface area contributed by atoms with E-state index in [1.807, 2.05) is 7.05 Å². The van der Waals surface area contributed by atoms with Crippen molar-refractivity contribution in [2.75, 3.05) is 26.7 Å². The molecule has 0 aromatic rings. The lowest BCUT2D eigenvalue weighted by molar-refractivity contribution is 0.0662. The predicted octanol–water partition coefficient (Wildman–Crippen LogP) is 3.70. The minimum Gasteiger partial charge on any atom is -0.303 e. The van der Waals surface area contributed by atoms with E-state index in [1.165, 1.54) is 64.6 Å². The van der Waals surface area contributed by atoms with Gasteiger partial charge in [-0.1, -0.05) is 26.2 Å². The zero-order chi connectivity index (χ0) is 15.2. The third kappa shape index (κ3) is 4.20. The first-order chi connectivity index (χ1) is 10.2. The minimum absolute atomic E-state index is 0.305. The van der Waals surface area contributed by atoms with Gasteiger partial charge in [-0.3, -0.25) is 0 Å². The van der Waals surface area contributed by atoms with Gasteiger partial charge >= 0.3 is 0 Å². The number of nitrogens with zero attached hydrogens (tertiary/aromatic N) is 2. The Bertz CT molecular complexity index is 338. The van der Waals surface area contributed by atoms with Gasteiger partial charge in [-0.15, -0.1) is 0 Å². The van der Waals surface area contributed by atoms with Gasteiger partial charge in [-0.2, -0.15) is 5.26 Å². The maximum atomic E-state index is 9.35. The van der Waals surface area contributed by atoms with E-state index >= 15 is 0 Å². The maximum absolute atomic E-state index is 9.35. The van der Waals surface area contributed by atoms with Gasteiger partial charge in [0.2, 0.25) is 0 Å². The highest BCUT2D eigenvalue weighted by Gasteiger charge is 2.35. The third-order valence-corrected chi connectivity index (χ3v) is 6.20. The van der Waals surface area contributed by atoms with Crippen LogP contribution in [0.4, 0.5) is 0 Å². The molecule has 1 unspecified atom stereocenters. The average Bonchev–Trinajstić information content (AvgIpc) is 2.55. The molecule has 2 rings (SSSR count). The smallest absolute Gasteiger partial charge is 0.106 e. The van der Waals surface area contributed by atoms with E-state index in [0.717, 1.165) is 19.3 Å².